The third kappa shape index (κ3) is 10.6. The molecule has 0 heterocycles. The molecule has 0 aliphatic carbocycles. The average Bonchev–Trinajstić information content (AvgIpc) is 2.21. The first kappa shape index (κ1) is 17.7. The Morgan fingerprint density at radius 2 is 1.67 bits per heavy atom. The maximum atomic E-state index is 5.78. The lowest BCUT2D eigenvalue weighted by Gasteiger charge is -2.09. The molecule has 0 aliphatic heterocycles. The van der Waals surface area contributed by atoms with Gasteiger partial charge in [-0.25, -0.2) is 10.6 Å². The van der Waals surface area contributed by atoms with Crippen molar-refractivity contribution in [2.24, 2.45) is 5.73 Å². The largest absolute Gasteiger partial charge is 1.00 e. The van der Waals surface area contributed by atoms with Gasteiger partial charge in [0.1, 0.15) is 0 Å². The Bertz CT molecular complexity index is 163. The molecule has 4 heteroatoms. The van der Waals surface area contributed by atoms with Crippen LogP contribution in [0.1, 0.15) is 45.4 Å². The number of hydrogen-bond donors (Lipinski definition) is 1. The van der Waals surface area contributed by atoms with Gasteiger partial charge in [0, 0.05) is 6.54 Å². The van der Waals surface area contributed by atoms with Crippen LogP contribution in [0.25, 0.3) is 0 Å². The van der Waals surface area contributed by atoms with Gasteiger partial charge in [0.25, 0.3) is 0 Å². The number of rotatable bonds is 7. The smallest absolute Gasteiger partial charge is 0.319 e. The van der Waals surface area contributed by atoms with E-state index in [1.165, 1.54) is 38.5 Å². The molecule has 2 nitrogen and oxygen atoms in total. The van der Waals surface area contributed by atoms with Gasteiger partial charge < -0.3 is 12.4 Å². The molecular formula is C11H25ClN2S. The molecule has 0 saturated heterocycles. The zero-order valence-corrected chi connectivity index (χ0v) is 11.8. The monoisotopic (exact) mass is 252 g/mol. The number of hydrogen-bond acceptors (Lipinski definition) is 0. The fraction of sp³-hybridized carbons (Fsp3) is 0.909. The molecule has 15 heavy (non-hydrogen) atoms. The Morgan fingerprint density at radius 1 is 1.13 bits per heavy atom. The summed E-state index contributed by atoms with van der Waals surface area (Å²) in [6.45, 7) is 3.35. The van der Waals surface area contributed by atoms with Crippen LogP contribution in [0.5, 0.6) is 0 Å². The average molecular weight is 253 g/mol. The van der Waals surface area contributed by atoms with Crippen molar-refractivity contribution in [1.29, 1.82) is 0 Å². The highest BCUT2D eigenvalue weighted by Crippen LogP contribution is 2.05. The lowest BCUT2D eigenvalue weighted by molar-refractivity contribution is -0.00000324. The predicted molar refractivity (Wildman–Crippen MR) is 68.5 cm³/mol. The van der Waals surface area contributed by atoms with Crippen molar-refractivity contribution in [3.63, 3.8) is 0 Å². The van der Waals surface area contributed by atoms with Crippen molar-refractivity contribution in [3.05, 3.63) is 0 Å². The number of halogens is 1. The molecule has 0 unspecified atom stereocenters. The molecule has 0 atom stereocenters. The highest BCUT2D eigenvalue weighted by molar-refractivity contribution is 7.77. The number of nitrogens with two attached hydrogens (primary N) is 1. The van der Waals surface area contributed by atoms with E-state index in [4.69, 9.17) is 5.73 Å². The van der Waals surface area contributed by atoms with Crippen LogP contribution in [-0.4, -0.2) is 29.9 Å². The van der Waals surface area contributed by atoms with E-state index in [0.717, 1.165) is 11.7 Å². The van der Waals surface area contributed by atoms with Crippen LogP contribution < -0.4 is 18.1 Å². The summed E-state index contributed by atoms with van der Waals surface area (Å²) in [5, 5.41) is 0.929. The molecular weight excluding hydrogens is 228 g/mol. The Kier molecular flexibility index (Phi) is 14.6. The molecule has 0 amide bonds. The summed E-state index contributed by atoms with van der Waals surface area (Å²) in [7, 11) is 2.07. The van der Waals surface area contributed by atoms with E-state index >= 15 is 0 Å². The lowest BCUT2D eigenvalue weighted by Crippen LogP contribution is -3.00. The van der Waals surface area contributed by atoms with E-state index in [-0.39, 0.29) is 12.4 Å². The van der Waals surface area contributed by atoms with Gasteiger partial charge in [-0.2, -0.15) is 0 Å². The van der Waals surface area contributed by atoms with Crippen LogP contribution in [0.3, 0.4) is 0 Å². The Hall–Kier alpha value is 0.300. The highest BCUT2D eigenvalue weighted by atomic mass is 35.5. The maximum Gasteiger partial charge on any atom is 0.319 e. The zero-order valence-electron chi connectivity index (χ0n) is 10.3. The molecule has 0 fully saturated rings. The first-order valence-electron chi connectivity index (χ1n) is 5.60. The molecule has 2 N–H and O–H groups in total. The van der Waals surface area contributed by atoms with Crippen LogP contribution >= 0.6 is 0 Å². The Balaban J connectivity index is 0. The number of nitrogens with zero attached hydrogens (tertiary/aromatic N) is 1. The van der Waals surface area contributed by atoms with Crippen LogP contribution in [-0.2, 0) is 11.4 Å². The molecule has 0 saturated carbocycles. The van der Waals surface area contributed by atoms with E-state index in [0.29, 0.717) is 0 Å². The van der Waals surface area contributed by atoms with Crippen molar-refractivity contribution in [2.45, 2.75) is 45.4 Å². The van der Waals surface area contributed by atoms with Gasteiger partial charge in [-0.3, -0.25) is 0 Å². The van der Waals surface area contributed by atoms with Crippen LogP contribution in [0, 0.1) is 0 Å². The molecule has 0 aliphatic rings. The van der Waals surface area contributed by atoms with Crippen molar-refractivity contribution >= 4 is 16.5 Å². The minimum absolute atomic E-state index is 0. The molecule has 0 bridgehead atoms. The molecule has 0 aromatic carbocycles. The molecule has 92 valence electrons. The first-order valence-corrected chi connectivity index (χ1v) is 6.82. The Labute approximate surface area is 105 Å². The molecule has 0 aromatic rings. The summed E-state index contributed by atoms with van der Waals surface area (Å²) < 4.78 is 0. The van der Waals surface area contributed by atoms with E-state index in [1.54, 1.807) is 11.4 Å². The maximum absolute atomic E-state index is 5.78. The fourth-order valence-corrected chi connectivity index (χ4v) is 1.80. The minimum Gasteiger partial charge on any atom is -1.00 e. The van der Waals surface area contributed by atoms with Crippen molar-refractivity contribution in [1.82, 2.24) is 4.90 Å². The topological polar surface area (TPSA) is 29.3 Å². The van der Waals surface area contributed by atoms with Crippen LogP contribution in [0.2, 0.25) is 0 Å². The summed E-state index contributed by atoms with van der Waals surface area (Å²) in [5.41, 5.74) is 5.78. The van der Waals surface area contributed by atoms with Gasteiger partial charge in [-0.1, -0.05) is 39.0 Å². The standard InChI is InChI=1S/C11H25N2S.ClH/c1-4-5-6-7-8-9-10-13(2)11(12)14-3;/h4-10,12H2,1-3H3;1H/q+1;/p-1. The molecule has 0 aromatic heterocycles. The lowest BCUT2D eigenvalue weighted by atomic mass is 10.1. The van der Waals surface area contributed by atoms with Gasteiger partial charge in [0.15, 0.2) is 6.26 Å². The van der Waals surface area contributed by atoms with E-state index in [9.17, 15) is 0 Å². The van der Waals surface area contributed by atoms with Gasteiger partial charge in [-0.05, 0) is 13.5 Å². The molecule has 0 spiro atoms. The summed E-state index contributed by atoms with van der Waals surface area (Å²) >= 11 is 1.63. The van der Waals surface area contributed by atoms with Crippen molar-refractivity contribution < 1.29 is 12.4 Å². The minimum atomic E-state index is 0. The second-order valence-corrected chi connectivity index (χ2v) is 4.56. The van der Waals surface area contributed by atoms with Gasteiger partial charge in [0.05, 0.1) is 0 Å². The predicted octanol–water partition coefficient (Wildman–Crippen LogP) is -0.959. The second-order valence-electron chi connectivity index (χ2n) is 3.73. The second kappa shape index (κ2) is 12.4. The molecule has 0 rings (SSSR count). The molecule has 0 radical (unpaired) electrons. The van der Waals surface area contributed by atoms with Gasteiger partial charge in [0.2, 0.25) is 11.4 Å². The third-order valence-corrected chi connectivity index (χ3v) is 3.16. The van der Waals surface area contributed by atoms with Crippen molar-refractivity contribution in [2.75, 3.05) is 19.8 Å². The van der Waals surface area contributed by atoms with E-state index < -0.39 is 0 Å². The summed E-state index contributed by atoms with van der Waals surface area (Å²) in [4.78, 5) is 2.14. The highest BCUT2D eigenvalue weighted by Gasteiger charge is 2.07. The van der Waals surface area contributed by atoms with Gasteiger partial charge >= 0.3 is 5.11 Å². The normalized spacial score (nSPS) is 11.7. The summed E-state index contributed by atoms with van der Waals surface area (Å²) in [5.74, 6) is 0. The van der Waals surface area contributed by atoms with E-state index in [2.05, 4.69) is 18.9 Å². The van der Waals surface area contributed by atoms with E-state index in [1.807, 2.05) is 6.26 Å². The number of unbranched alkanes of at least 4 members (excludes halogenated alkanes) is 5. The third-order valence-electron chi connectivity index (χ3n) is 2.43. The first-order chi connectivity index (χ1) is 6.72. The summed E-state index contributed by atoms with van der Waals surface area (Å²) in [6, 6.07) is 0. The van der Waals surface area contributed by atoms with Crippen molar-refractivity contribution in [3.8, 4) is 0 Å². The Morgan fingerprint density at radius 3 is 2.20 bits per heavy atom. The SMILES string of the molecule is CCCCCCCCN(C)/C(N)=[S+]/C.[Cl-]. The van der Waals surface area contributed by atoms with Gasteiger partial charge in [-0.15, -0.1) is 0 Å². The summed E-state index contributed by atoms with van der Waals surface area (Å²) in [6.07, 6.45) is 10.1. The fourth-order valence-electron chi connectivity index (χ4n) is 1.40. The quantitative estimate of drug-likeness (QED) is 0.359. The zero-order chi connectivity index (χ0) is 10.8. The van der Waals surface area contributed by atoms with Crippen LogP contribution in [0.15, 0.2) is 0 Å². The van der Waals surface area contributed by atoms with Crippen LogP contribution in [0.4, 0.5) is 0 Å².